The van der Waals surface area contributed by atoms with E-state index in [4.69, 9.17) is 10.5 Å². The number of nitrogens with two attached hydrogens (primary N) is 1. The minimum Gasteiger partial charge on any atom is -0.490 e. The van der Waals surface area contributed by atoms with E-state index in [1.807, 2.05) is 0 Å². The van der Waals surface area contributed by atoms with Crippen LogP contribution in [0.4, 0.5) is 14.5 Å². The number of carbonyl (C=O) groups excluding carboxylic acids is 1. The number of hydrogen-bond acceptors (Lipinski definition) is 4. The highest BCUT2D eigenvalue weighted by Crippen LogP contribution is 2.30. The summed E-state index contributed by atoms with van der Waals surface area (Å²) in [7, 11) is 1.64. The lowest BCUT2D eigenvalue weighted by atomic mass is 10.1. The van der Waals surface area contributed by atoms with E-state index < -0.39 is 6.61 Å². The molecule has 0 aliphatic heterocycles. The first kappa shape index (κ1) is 21.5. The number of amides is 1. The Morgan fingerprint density at radius 2 is 1.88 bits per heavy atom. The van der Waals surface area contributed by atoms with Gasteiger partial charge in [-0.1, -0.05) is 18.2 Å². The van der Waals surface area contributed by atoms with E-state index in [0.717, 1.165) is 5.56 Å². The number of benzene rings is 2. The van der Waals surface area contributed by atoms with Crippen molar-refractivity contribution in [3.63, 3.8) is 0 Å². The molecule has 26 heavy (non-hydrogen) atoms. The van der Waals surface area contributed by atoms with E-state index in [1.165, 1.54) is 11.0 Å². The van der Waals surface area contributed by atoms with E-state index in [2.05, 4.69) is 4.74 Å². The van der Waals surface area contributed by atoms with Crippen LogP contribution in [0.25, 0.3) is 0 Å². The molecule has 2 N–H and O–H groups in total. The van der Waals surface area contributed by atoms with Gasteiger partial charge in [-0.3, -0.25) is 4.79 Å². The molecule has 2 aromatic carbocycles. The first-order chi connectivity index (χ1) is 11.9. The summed E-state index contributed by atoms with van der Waals surface area (Å²) in [4.78, 5) is 14.0. The summed E-state index contributed by atoms with van der Waals surface area (Å²) < 4.78 is 34.7. The largest absolute Gasteiger partial charge is 0.490 e. The van der Waals surface area contributed by atoms with Crippen LogP contribution in [0.5, 0.6) is 11.5 Å². The van der Waals surface area contributed by atoms with Crippen LogP contribution in [-0.2, 0) is 6.54 Å². The van der Waals surface area contributed by atoms with Crippen LogP contribution in [-0.4, -0.2) is 31.1 Å². The van der Waals surface area contributed by atoms with Crippen molar-refractivity contribution in [2.45, 2.75) is 20.1 Å². The number of para-hydroxylation sites is 1. The molecule has 0 fully saturated rings. The number of anilines is 1. The van der Waals surface area contributed by atoms with Crippen molar-refractivity contribution in [3.8, 4) is 11.5 Å². The average molecular weight is 387 g/mol. The third kappa shape index (κ3) is 5.49. The molecule has 2 aromatic rings. The van der Waals surface area contributed by atoms with Crippen molar-refractivity contribution in [1.82, 2.24) is 4.90 Å². The highest BCUT2D eigenvalue weighted by atomic mass is 35.5. The predicted octanol–water partition coefficient (Wildman–Crippen LogP) is 3.96. The zero-order valence-corrected chi connectivity index (χ0v) is 15.3. The third-order valence-corrected chi connectivity index (χ3v) is 3.48. The van der Waals surface area contributed by atoms with Crippen molar-refractivity contribution >= 4 is 24.0 Å². The standard InChI is InChI=1S/C18H20F2N2O3.ClH/c1-3-24-16-10-12(8-9-15(16)25-18(19)20)11-22(2)17(23)13-6-4-5-7-14(13)21;/h4-10,18H,3,11,21H2,1-2H3;1H. The lowest BCUT2D eigenvalue weighted by Gasteiger charge is -2.19. The van der Waals surface area contributed by atoms with Crippen molar-refractivity contribution in [1.29, 1.82) is 0 Å². The molecule has 0 radical (unpaired) electrons. The second-order valence-electron chi connectivity index (χ2n) is 5.34. The second kappa shape index (κ2) is 9.82. The van der Waals surface area contributed by atoms with E-state index in [-0.39, 0.29) is 36.4 Å². The van der Waals surface area contributed by atoms with Gasteiger partial charge in [0.25, 0.3) is 5.91 Å². The average Bonchev–Trinajstić information content (AvgIpc) is 2.57. The van der Waals surface area contributed by atoms with Crippen LogP contribution < -0.4 is 15.2 Å². The zero-order chi connectivity index (χ0) is 18.4. The smallest absolute Gasteiger partial charge is 0.387 e. The normalized spacial score (nSPS) is 10.2. The van der Waals surface area contributed by atoms with Gasteiger partial charge in [-0.05, 0) is 36.8 Å². The molecule has 5 nitrogen and oxygen atoms in total. The van der Waals surface area contributed by atoms with Gasteiger partial charge in [0.05, 0.1) is 12.2 Å². The number of hydrogen-bond donors (Lipinski definition) is 1. The summed E-state index contributed by atoms with van der Waals surface area (Å²) in [6, 6.07) is 11.4. The maximum Gasteiger partial charge on any atom is 0.387 e. The van der Waals surface area contributed by atoms with Crippen molar-refractivity contribution in [3.05, 3.63) is 53.6 Å². The van der Waals surface area contributed by atoms with Crippen LogP contribution in [0.2, 0.25) is 0 Å². The van der Waals surface area contributed by atoms with Gasteiger partial charge in [0.15, 0.2) is 11.5 Å². The van der Waals surface area contributed by atoms with Gasteiger partial charge in [0, 0.05) is 19.3 Å². The van der Waals surface area contributed by atoms with Crippen LogP contribution in [0.3, 0.4) is 0 Å². The Morgan fingerprint density at radius 3 is 2.50 bits per heavy atom. The molecule has 0 aliphatic carbocycles. The number of halogens is 3. The molecular weight excluding hydrogens is 366 g/mol. The molecule has 1 amide bonds. The van der Waals surface area contributed by atoms with Crippen LogP contribution in [0, 0.1) is 0 Å². The Bertz CT molecular complexity index is 744. The first-order valence-corrected chi connectivity index (χ1v) is 7.72. The number of alkyl halides is 2. The van der Waals surface area contributed by atoms with Crippen molar-refractivity contribution < 1.29 is 23.0 Å². The Kier molecular flexibility index (Phi) is 8.12. The van der Waals surface area contributed by atoms with Crippen molar-refractivity contribution in [2.75, 3.05) is 19.4 Å². The molecule has 0 unspecified atom stereocenters. The summed E-state index contributed by atoms with van der Waals surface area (Å²) in [6.07, 6.45) is 0. The Morgan fingerprint density at radius 1 is 1.19 bits per heavy atom. The minimum absolute atomic E-state index is 0. The van der Waals surface area contributed by atoms with Gasteiger partial charge in [-0.25, -0.2) is 0 Å². The van der Waals surface area contributed by atoms with Crippen molar-refractivity contribution in [2.24, 2.45) is 0 Å². The monoisotopic (exact) mass is 386 g/mol. The van der Waals surface area contributed by atoms with Crippen LogP contribution in [0.15, 0.2) is 42.5 Å². The van der Waals surface area contributed by atoms with Gasteiger partial charge in [-0.15, -0.1) is 12.4 Å². The molecule has 0 saturated carbocycles. The number of carbonyl (C=O) groups is 1. The summed E-state index contributed by atoms with van der Waals surface area (Å²) >= 11 is 0. The highest BCUT2D eigenvalue weighted by molar-refractivity contribution is 5.98. The van der Waals surface area contributed by atoms with Gasteiger partial charge < -0.3 is 20.1 Å². The molecule has 142 valence electrons. The maximum absolute atomic E-state index is 12.5. The summed E-state index contributed by atoms with van der Waals surface area (Å²) in [6.45, 7) is -0.622. The molecule has 0 bridgehead atoms. The number of nitrogens with zero attached hydrogens (tertiary/aromatic N) is 1. The molecule has 0 heterocycles. The Labute approximate surface area is 157 Å². The third-order valence-electron chi connectivity index (χ3n) is 3.48. The molecular formula is C18H21ClF2N2O3. The Balaban J connectivity index is 0.00000338. The number of rotatable bonds is 7. The quantitative estimate of drug-likeness (QED) is 0.731. The predicted molar refractivity (Wildman–Crippen MR) is 98.1 cm³/mol. The van der Waals surface area contributed by atoms with E-state index in [1.54, 1.807) is 50.4 Å². The Hall–Kier alpha value is -2.54. The molecule has 0 atom stereocenters. The summed E-state index contributed by atoms with van der Waals surface area (Å²) in [5.41, 5.74) is 7.35. The maximum atomic E-state index is 12.5. The summed E-state index contributed by atoms with van der Waals surface area (Å²) in [5.74, 6) is -0.0637. The van der Waals surface area contributed by atoms with Gasteiger partial charge in [0.2, 0.25) is 0 Å². The van der Waals surface area contributed by atoms with Gasteiger partial charge >= 0.3 is 6.61 Å². The van der Waals surface area contributed by atoms with E-state index >= 15 is 0 Å². The van der Waals surface area contributed by atoms with Crippen LogP contribution >= 0.6 is 12.4 Å². The topological polar surface area (TPSA) is 64.8 Å². The zero-order valence-electron chi connectivity index (χ0n) is 14.4. The SMILES string of the molecule is CCOc1cc(CN(C)C(=O)c2ccccc2N)ccc1OC(F)F.Cl. The van der Waals surface area contributed by atoms with Crippen LogP contribution in [0.1, 0.15) is 22.8 Å². The lowest BCUT2D eigenvalue weighted by Crippen LogP contribution is -2.27. The molecule has 0 aliphatic rings. The summed E-state index contributed by atoms with van der Waals surface area (Å²) in [5, 5.41) is 0. The fourth-order valence-electron chi connectivity index (χ4n) is 2.36. The minimum atomic E-state index is -2.93. The molecule has 2 rings (SSSR count). The highest BCUT2D eigenvalue weighted by Gasteiger charge is 2.16. The second-order valence-corrected chi connectivity index (χ2v) is 5.34. The van der Waals surface area contributed by atoms with E-state index in [0.29, 0.717) is 17.9 Å². The molecule has 0 aromatic heterocycles. The fraction of sp³-hybridized carbons (Fsp3) is 0.278. The van der Waals surface area contributed by atoms with Gasteiger partial charge in [-0.2, -0.15) is 8.78 Å². The van der Waals surface area contributed by atoms with Gasteiger partial charge in [0.1, 0.15) is 0 Å². The molecule has 8 heteroatoms. The fourth-order valence-corrected chi connectivity index (χ4v) is 2.36. The first-order valence-electron chi connectivity index (χ1n) is 7.72. The molecule has 0 saturated heterocycles. The number of nitrogen functional groups attached to an aromatic ring is 1. The lowest BCUT2D eigenvalue weighted by molar-refractivity contribution is -0.0514. The number of ether oxygens (including phenoxy) is 2. The molecule has 0 spiro atoms. The van der Waals surface area contributed by atoms with E-state index in [9.17, 15) is 13.6 Å².